The molecule has 1 saturated heterocycles. The number of rotatable bonds is 2. The quantitative estimate of drug-likeness (QED) is 0.795. The van der Waals surface area contributed by atoms with E-state index in [1.54, 1.807) is 24.5 Å². The van der Waals surface area contributed by atoms with Crippen molar-refractivity contribution in [2.24, 2.45) is 0 Å². The predicted octanol–water partition coefficient (Wildman–Crippen LogP) is 1.14. The lowest BCUT2D eigenvalue weighted by molar-refractivity contribution is -0.145. The normalized spacial score (nSPS) is 22.5. The van der Waals surface area contributed by atoms with Crippen LogP contribution >= 0.6 is 11.8 Å². The Balaban J connectivity index is 2.10. The number of hydrogen-bond acceptors (Lipinski definition) is 4. The van der Waals surface area contributed by atoms with Gasteiger partial charge >= 0.3 is 5.97 Å². The third-order valence-corrected chi connectivity index (χ3v) is 4.06. The first kappa shape index (κ1) is 10.3. The van der Waals surface area contributed by atoms with E-state index in [9.17, 15) is 14.7 Å². The largest absolute Gasteiger partial charge is 0.477 e. The minimum Gasteiger partial charge on any atom is -0.477 e. The average molecular weight is 248 g/mol. The molecule has 0 aromatic carbocycles. The van der Waals surface area contributed by atoms with Crippen molar-refractivity contribution in [2.75, 3.05) is 0 Å². The van der Waals surface area contributed by atoms with Gasteiger partial charge in [0.2, 0.25) is 5.91 Å². The summed E-state index contributed by atoms with van der Waals surface area (Å²) in [7, 11) is 0. The molecule has 0 radical (unpaired) electrons. The molecule has 2 aliphatic heterocycles. The highest BCUT2D eigenvalue weighted by Gasteiger charge is 2.48. The van der Waals surface area contributed by atoms with Crippen molar-refractivity contribution in [1.82, 2.24) is 9.88 Å². The molecular weight excluding hydrogens is 240 g/mol. The van der Waals surface area contributed by atoms with E-state index in [2.05, 4.69) is 4.98 Å². The Kier molecular flexibility index (Phi) is 2.19. The van der Waals surface area contributed by atoms with Crippen molar-refractivity contribution in [3.05, 3.63) is 35.8 Å². The van der Waals surface area contributed by atoms with E-state index in [1.807, 2.05) is 0 Å². The second-order valence-electron chi connectivity index (χ2n) is 3.76. The molecule has 2 aliphatic rings. The lowest BCUT2D eigenvalue weighted by Crippen LogP contribution is -2.48. The van der Waals surface area contributed by atoms with E-state index < -0.39 is 5.97 Å². The van der Waals surface area contributed by atoms with E-state index in [0.717, 1.165) is 5.56 Å². The third-order valence-electron chi connectivity index (χ3n) is 2.74. The van der Waals surface area contributed by atoms with Gasteiger partial charge in [-0.1, -0.05) is 17.8 Å². The molecule has 17 heavy (non-hydrogen) atoms. The number of pyridine rings is 1. The smallest absolute Gasteiger partial charge is 0.353 e. The van der Waals surface area contributed by atoms with Gasteiger partial charge in [0.1, 0.15) is 5.70 Å². The maximum atomic E-state index is 11.4. The zero-order valence-corrected chi connectivity index (χ0v) is 9.48. The molecule has 3 heterocycles. The van der Waals surface area contributed by atoms with Crippen LogP contribution in [0.1, 0.15) is 12.0 Å². The van der Waals surface area contributed by atoms with Gasteiger partial charge in [-0.2, -0.15) is 0 Å². The summed E-state index contributed by atoms with van der Waals surface area (Å²) < 4.78 is 0. The summed E-state index contributed by atoms with van der Waals surface area (Å²) in [5.41, 5.74) is 0.835. The summed E-state index contributed by atoms with van der Waals surface area (Å²) in [6.07, 6.45) is 3.65. The molecule has 1 fully saturated rings. The van der Waals surface area contributed by atoms with Gasteiger partial charge in [0.15, 0.2) is 0 Å². The molecule has 0 aliphatic carbocycles. The van der Waals surface area contributed by atoms with Crippen LogP contribution in [0.5, 0.6) is 0 Å². The molecule has 1 atom stereocenters. The number of amides is 1. The van der Waals surface area contributed by atoms with Crippen LogP contribution in [-0.4, -0.2) is 32.2 Å². The van der Waals surface area contributed by atoms with Gasteiger partial charge in [-0.05, 0) is 6.07 Å². The van der Waals surface area contributed by atoms with Gasteiger partial charge in [-0.25, -0.2) is 4.79 Å². The summed E-state index contributed by atoms with van der Waals surface area (Å²) in [6.45, 7) is 0. The SMILES string of the molecule is O=C(O)C1=C(c2cccnc2)S[C@H]2CC(=O)N12. The molecule has 5 nitrogen and oxygen atoms in total. The van der Waals surface area contributed by atoms with Crippen molar-refractivity contribution in [2.45, 2.75) is 11.8 Å². The highest BCUT2D eigenvalue weighted by molar-refractivity contribution is 8.09. The number of aromatic nitrogens is 1. The number of hydrogen-bond donors (Lipinski definition) is 1. The lowest BCUT2D eigenvalue weighted by Gasteiger charge is -2.33. The van der Waals surface area contributed by atoms with Gasteiger partial charge in [-0.3, -0.25) is 14.7 Å². The van der Waals surface area contributed by atoms with Crippen LogP contribution in [-0.2, 0) is 9.59 Å². The van der Waals surface area contributed by atoms with Gasteiger partial charge in [0.05, 0.1) is 11.8 Å². The first-order valence-corrected chi connectivity index (χ1v) is 5.93. The number of carbonyl (C=O) groups is 2. The van der Waals surface area contributed by atoms with Gasteiger partial charge < -0.3 is 5.11 Å². The number of carboxylic acids is 1. The predicted molar refractivity (Wildman–Crippen MR) is 61.6 cm³/mol. The molecule has 3 rings (SSSR count). The summed E-state index contributed by atoms with van der Waals surface area (Å²) in [5.74, 6) is -1.19. The minimum absolute atomic E-state index is 0.0520. The number of nitrogens with zero attached hydrogens (tertiary/aromatic N) is 2. The monoisotopic (exact) mass is 248 g/mol. The maximum absolute atomic E-state index is 11.4. The number of fused-ring (bicyclic) bond motifs is 1. The van der Waals surface area contributed by atoms with Crippen LogP contribution in [0.3, 0.4) is 0 Å². The first-order valence-electron chi connectivity index (χ1n) is 5.05. The van der Waals surface area contributed by atoms with Crippen LogP contribution in [0.4, 0.5) is 0 Å². The summed E-state index contributed by atoms with van der Waals surface area (Å²) in [4.78, 5) is 28.6. The molecular formula is C11H8N2O3S. The lowest BCUT2D eigenvalue weighted by atomic mass is 10.1. The van der Waals surface area contributed by atoms with Crippen LogP contribution in [0.25, 0.3) is 4.91 Å². The van der Waals surface area contributed by atoms with Crippen LogP contribution in [0, 0.1) is 0 Å². The van der Waals surface area contributed by atoms with E-state index in [0.29, 0.717) is 11.3 Å². The van der Waals surface area contributed by atoms with E-state index in [4.69, 9.17) is 0 Å². The van der Waals surface area contributed by atoms with E-state index in [1.165, 1.54) is 16.7 Å². The zero-order valence-electron chi connectivity index (χ0n) is 8.66. The Bertz CT molecular complexity index is 541. The maximum Gasteiger partial charge on any atom is 0.353 e. The number of carbonyl (C=O) groups excluding carboxylic acids is 1. The molecule has 1 amide bonds. The fourth-order valence-electron chi connectivity index (χ4n) is 1.95. The molecule has 0 spiro atoms. The number of aliphatic carboxylic acids is 1. The second-order valence-corrected chi connectivity index (χ2v) is 4.95. The van der Waals surface area contributed by atoms with Gasteiger partial charge in [0.25, 0.3) is 0 Å². The minimum atomic E-state index is -1.06. The fourth-order valence-corrected chi connectivity index (χ4v) is 3.33. The zero-order chi connectivity index (χ0) is 12.0. The van der Waals surface area contributed by atoms with Gasteiger partial charge in [-0.15, -0.1) is 0 Å². The molecule has 0 unspecified atom stereocenters. The van der Waals surface area contributed by atoms with Crippen molar-refractivity contribution >= 4 is 28.5 Å². The van der Waals surface area contributed by atoms with Crippen molar-refractivity contribution in [1.29, 1.82) is 0 Å². The number of carboxylic acid groups (broad SMARTS) is 1. The van der Waals surface area contributed by atoms with E-state index >= 15 is 0 Å². The fraction of sp³-hybridized carbons (Fsp3) is 0.182. The van der Waals surface area contributed by atoms with Crippen LogP contribution < -0.4 is 0 Å². The molecule has 1 N–H and O–H groups in total. The highest BCUT2D eigenvalue weighted by atomic mass is 32.2. The van der Waals surface area contributed by atoms with Crippen LogP contribution in [0.15, 0.2) is 30.2 Å². The third kappa shape index (κ3) is 1.44. The van der Waals surface area contributed by atoms with E-state index in [-0.39, 0.29) is 17.0 Å². The summed E-state index contributed by atoms with van der Waals surface area (Å²) in [5, 5.41) is 9.15. The first-order chi connectivity index (χ1) is 8.18. The molecule has 0 saturated carbocycles. The summed E-state index contributed by atoms with van der Waals surface area (Å²) >= 11 is 1.42. The number of thioether (sulfide) groups is 1. The van der Waals surface area contributed by atoms with Crippen molar-refractivity contribution < 1.29 is 14.7 Å². The number of β-lactam (4-membered cyclic amide) rings is 1. The molecule has 86 valence electrons. The Morgan fingerprint density at radius 2 is 2.41 bits per heavy atom. The van der Waals surface area contributed by atoms with Gasteiger partial charge in [0, 0.05) is 22.9 Å². The summed E-state index contributed by atoms with van der Waals surface area (Å²) in [6, 6.07) is 3.55. The average Bonchev–Trinajstić information content (AvgIpc) is 2.63. The molecule has 1 aromatic heterocycles. The highest BCUT2D eigenvalue weighted by Crippen LogP contribution is 2.50. The van der Waals surface area contributed by atoms with Crippen molar-refractivity contribution in [3.8, 4) is 0 Å². The Morgan fingerprint density at radius 3 is 3.00 bits per heavy atom. The molecule has 1 aromatic rings. The topological polar surface area (TPSA) is 70.5 Å². The molecule has 6 heteroatoms. The Hall–Kier alpha value is -1.82. The second kappa shape index (κ2) is 3.59. The molecule has 0 bridgehead atoms. The Labute approximate surface area is 101 Å². The van der Waals surface area contributed by atoms with Crippen molar-refractivity contribution in [3.63, 3.8) is 0 Å². The Morgan fingerprint density at radius 1 is 1.59 bits per heavy atom. The van der Waals surface area contributed by atoms with Crippen LogP contribution in [0.2, 0.25) is 0 Å². The standard InChI is InChI=1S/C11H8N2O3S/c14-7-4-8-13(7)9(11(15)16)10(17-8)6-2-1-3-12-5-6/h1-3,5,8H,4H2,(H,15,16)/t8-/m0/s1.